The molecule has 1 atom stereocenters. The van der Waals surface area contributed by atoms with Gasteiger partial charge in [0, 0.05) is 5.56 Å². The van der Waals surface area contributed by atoms with Crippen molar-refractivity contribution in [3.8, 4) is 11.5 Å². The van der Waals surface area contributed by atoms with Crippen molar-refractivity contribution in [2.75, 3.05) is 14.2 Å². The van der Waals surface area contributed by atoms with Crippen LogP contribution in [0.15, 0.2) is 42.5 Å². The summed E-state index contributed by atoms with van der Waals surface area (Å²) in [4.78, 5) is 24.4. The van der Waals surface area contributed by atoms with Gasteiger partial charge in [0.15, 0.2) is 11.5 Å². The van der Waals surface area contributed by atoms with Gasteiger partial charge in [0.1, 0.15) is 0 Å². The maximum atomic E-state index is 12.2. The molecule has 0 fully saturated rings. The van der Waals surface area contributed by atoms with Crippen molar-refractivity contribution >= 4 is 11.9 Å². The molecule has 7 nitrogen and oxygen atoms in total. The Kier molecular flexibility index (Phi) is 7.05. The van der Waals surface area contributed by atoms with Crippen molar-refractivity contribution in [1.29, 1.82) is 0 Å². The van der Waals surface area contributed by atoms with Crippen LogP contribution in [0.3, 0.4) is 0 Å². The summed E-state index contributed by atoms with van der Waals surface area (Å²) in [5.41, 5.74) is 7.24. The van der Waals surface area contributed by atoms with Crippen molar-refractivity contribution in [3.63, 3.8) is 0 Å². The summed E-state index contributed by atoms with van der Waals surface area (Å²) in [7, 11) is 3.00. The third-order valence-corrected chi connectivity index (χ3v) is 4.13. The number of urea groups is 1. The first-order chi connectivity index (χ1) is 13.0. The standard InChI is InChI=1S/C20H25N3O4/c1-5-16(14-8-6-13(2)7-9-14)21-20(25)23-22-19(24)15-10-11-17(26-3)18(12-15)27-4/h6-12,16H,5H2,1-4H3,(H,22,24)(H2,21,23,25)/t16-/m1/s1. The minimum absolute atomic E-state index is 0.149. The molecule has 3 amide bonds. The maximum Gasteiger partial charge on any atom is 0.333 e. The molecular formula is C20H25N3O4. The number of nitrogens with one attached hydrogen (secondary N) is 3. The second-order valence-electron chi connectivity index (χ2n) is 5.99. The molecule has 0 heterocycles. The van der Waals surface area contributed by atoms with Gasteiger partial charge < -0.3 is 14.8 Å². The smallest absolute Gasteiger partial charge is 0.333 e. The number of ether oxygens (including phenoxy) is 2. The van der Waals surface area contributed by atoms with Crippen LogP contribution in [0.5, 0.6) is 11.5 Å². The van der Waals surface area contributed by atoms with Gasteiger partial charge in [0.05, 0.1) is 20.3 Å². The first kappa shape index (κ1) is 20.1. The van der Waals surface area contributed by atoms with Crippen LogP contribution >= 0.6 is 0 Å². The first-order valence-electron chi connectivity index (χ1n) is 8.64. The number of amides is 3. The fraction of sp³-hybridized carbons (Fsp3) is 0.300. The molecule has 2 aromatic rings. The molecule has 0 radical (unpaired) electrons. The topological polar surface area (TPSA) is 88.7 Å². The minimum atomic E-state index is -0.490. The van der Waals surface area contributed by atoms with Crippen LogP contribution in [0.25, 0.3) is 0 Å². The van der Waals surface area contributed by atoms with Crippen molar-refractivity contribution in [3.05, 3.63) is 59.2 Å². The van der Waals surface area contributed by atoms with Crippen LogP contribution in [0, 0.1) is 6.92 Å². The number of rotatable bonds is 6. The zero-order valence-electron chi connectivity index (χ0n) is 16.0. The zero-order chi connectivity index (χ0) is 19.8. The Morgan fingerprint density at radius 2 is 1.63 bits per heavy atom. The second kappa shape index (κ2) is 9.47. The SMILES string of the molecule is CC[C@@H](NC(=O)NNC(=O)c1ccc(OC)c(OC)c1)c1ccc(C)cc1. The average Bonchev–Trinajstić information content (AvgIpc) is 2.70. The van der Waals surface area contributed by atoms with E-state index in [9.17, 15) is 9.59 Å². The van der Waals surface area contributed by atoms with E-state index >= 15 is 0 Å². The Hall–Kier alpha value is -3.22. The fourth-order valence-electron chi connectivity index (χ4n) is 2.58. The molecule has 3 N–H and O–H groups in total. The number of benzene rings is 2. The van der Waals surface area contributed by atoms with Gasteiger partial charge in [-0.2, -0.15) is 0 Å². The quantitative estimate of drug-likeness (QED) is 0.681. The van der Waals surface area contributed by atoms with E-state index in [1.807, 2.05) is 38.1 Å². The molecule has 0 aliphatic rings. The third kappa shape index (κ3) is 5.37. The van der Waals surface area contributed by atoms with Crippen LogP contribution in [0.1, 0.15) is 40.9 Å². The van der Waals surface area contributed by atoms with E-state index in [2.05, 4.69) is 16.2 Å². The summed E-state index contributed by atoms with van der Waals surface area (Å²) in [5, 5.41) is 2.84. The van der Waals surface area contributed by atoms with Crippen molar-refractivity contribution in [2.45, 2.75) is 26.3 Å². The van der Waals surface area contributed by atoms with Crippen LogP contribution in [-0.2, 0) is 0 Å². The highest BCUT2D eigenvalue weighted by atomic mass is 16.5. The number of hydrogen-bond donors (Lipinski definition) is 3. The molecule has 0 bridgehead atoms. The largest absolute Gasteiger partial charge is 0.493 e. The van der Waals surface area contributed by atoms with Gasteiger partial charge in [-0.3, -0.25) is 10.2 Å². The number of aryl methyl sites for hydroxylation is 1. The molecule has 0 aliphatic heterocycles. The molecule has 144 valence electrons. The monoisotopic (exact) mass is 371 g/mol. The number of methoxy groups -OCH3 is 2. The molecule has 0 saturated carbocycles. The lowest BCUT2D eigenvalue weighted by Gasteiger charge is -2.18. The molecule has 2 aromatic carbocycles. The molecule has 0 aromatic heterocycles. The highest BCUT2D eigenvalue weighted by Gasteiger charge is 2.14. The van der Waals surface area contributed by atoms with Gasteiger partial charge in [-0.15, -0.1) is 0 Å². The Morgan fingerprint density at radius 1 is 0.963 bits per heavy atom. The van der Waals surface area contributed by atoms with Crippen LogP contribution in [0.2, 0.25) is 0 Å². The number of carbonyl (C=O) groups is 2. The summed E-state index contributed by atoms with van der Waals surface area (Å²) in [6.07, 6.45) is 0.722. The van der Waals surface area contributed by atoms with Crippen molar-refractivity contribution in [1.82, 2.24) is 16.2 Å². The van der Waals surface area contributed by atoms with Crippen molar-refractivity contribution in [2.24, 2.45) is 0 Å². The molecule has 0 spiro atoms. The summed E-state index contributed by atoms with van der Waals surface area (Å²) in [6.45, 7) is 3.99. The van der Waals surface area contributed by atoms with Gasteiger partial charge in [0.2, 0.25) is 0 Å². The summed E-state index contributed by atoms with van der Waals surface area (Å²) < 4.78 is 10.3. The summed E-state index contributed by atoms with van der Waals surface area (Å²) in [5.74, 6) is 0.484. The van der Waals surface area contributed by atoms with Crippen molar-refractivity contribution < 1.29 is 19.1 Å². The Labute approximate surface area is 159 Å². The molecule has 0 unspecified atom stereocenters. The number of carbonyl (C=O) groups excluding carboxylic acids is 2. The van der Waals surface area contributed by atoms with Crippen LogP contribution in [-0.4, -0.2) is 26.2 Å². The van der Waals surface area contributed by atoms with E-state index < -0.39 is 11.9 Å². The van der Waals surface area contributed by atoms with Crippen LogP contribution in [0.4, 0.5) is 4.79 Å². The van der Waals surface area contributed by atoms with Gasteiger partial charge in [-0.1, -0.05) is 36.8 Å². The molecule has 27 heavy (non-hydrogen) atoms. The van der Waals surface area contributed by atoms with E-state index in [0.29, 0.717) is 17.1 Å². The van der Waals surface area contributed by atoms with Crippen LogP contribution < -0.4 is 25.6 Å². The Morgan fingerprint density at radius 3 is 2.22 bits per heavy atom. The van der Waals surface area contributed by atoms with E-state index in [0.717, 1.165) is 17.5 Å². The molecule has 7 heteroatoms. The Balaban J connectivity index is 1.94. The highest BCUT2D eigenvalue weighted by Crippen LogP contribution is 2.27. The lowest BCUT2D eigenvalue weighted by molar-refractivity contribution is 0.0935. The normalized spacial score (nSPS) is 11.3. The average molecular weight is 371 g/mol. The first-order valence-corrected chi connectivity index (χ1v) is 8.64. The molecule has 0 saturated heterocycles. The van der Waals surface area contributed by atoms with Gasteiger partial charge in [-0.05, 0) is 37.1 Å². The summed E-state index contributed by atoms with van der Waals surface area (Å²) in [6, 6.07) is 12.1. The molecule has 0 aliphatic carbocycles. The predicted molar refractivity (Wildman–Crippen MR) is 103 cm³/mol. The predicted octanol–water partition coefficient (Wildman–Crippen LogP) is 3.11. The molecular weight excluding hydrogens is 346 g/mol. The zero-order valence-corrected chi connectivity index (χ0v) is 16.0. The second-order valence-corrected chi connectivity index (χ2v) is 5.99. The van der Waals surface area contributed by atoms with E-state index in [1.165, 1.54) is 20.3 Å². The Bertz CT molecular complexity index is 790. The van der Waals surface area contributed by atoms with Gasteiger partial charge >= 0.3 is 6.03 Å². The van der Waals surface area contributed by atoms with E-state index in [-0.39, 0.29) is 6.04 Å². The van der Waals surface area contributed by atoms with E-state index in [4.69, 9.17) is 9.47 Å². The highest BCUT2D eigenvalue weighted by molar-refractivity contribution is 5.95. The summed E-state index contributed by atoms with van der Waals surface area (Å²) >= 11 is 0. The lowest BCUT2D eigenvalue weighted by Crippen LogP contribution is -2.47. The lowest BCUT2D eigenvalue weighted by atomic mass is 10.0. The minimum Gasteiger partial charge on any atom is -0.493 e. The maximum absolute atomic E-state index is 12.2. The van der Waals surface area contributed by atoms with E-state index in [1.54, 1.807) is 12.1 Å². The fourth-order valence-corrected chi connectivity index (χ4v) is 2.58. The molecule has 2 rings (SSSR count). The van der Waals surface area contributed by atoms with Gasteiger partial charge in [0.25, 0.3) is 5.91 Å². The number of hydrogen-bond acceptors (Lipinski definition) is 4. The van der Waals surface area contributed by atoms with Gasteiger partial charge in [-0.25, -0.2) is 10.2 Å². The number of hydrazine groups is 1. The third-order valence-electron chi connectivity index (χ3n) is 4.13.